The van der Waals surface area contributed by atoms with Gasteiger partial charge in [0.15, 0.2) is 5.78 Å². The fourth-order valence-corrected chi connectivity index (χ4v) is 2.16. The number of Topliss-reactive ketones (excluding diaryl/α,β-unsaturated/α-hetero) is 1. The van der Waals surface area contributed by atoms with Crippen LogP contribution in [-0.2, 0) is 9.15 Å². The Hall–Kier alpha value is -0.0500. The van der Waals surface area contributed by atoms with Crippen LogP contribution in [0.25, 0.3) is 0 Å². The summed E-state index contributed by atoms with van der Waals surface area (Å²) in [7, 11) is -2.84. The van der Waals surface area contributed by atoms with E-state index in [0.29, 0.717) is 11.3 Å². The largest absolute Gasteiger partial charge is 1.00 e. The van der Waals surface area contributed by atoms with Gasteiger partial charge >= 0.3 is 29.6 Å². The number of carbonyl (C=O) groups is 1. The normalized spacial score (nSPS) is 10.5. The van der Waals surface area contributed by atoms with Gasteiger partial charge in [0.2, 0.25) is 0 Å². The Balaban J connectivity index is 0.00000256. The predicted octanol–water partition coefficient (Wildman–Crippen LogP) is -1.92. The van der Waals surface area contributed by atoms with E-state index >= 15 is 0 Å². The van der Waals surface area contributed by atoms with Gasteiger partial charge in [-0.15, -0.1) is 0 Å². The second kappa shape index (κ2) is 7.40. The predicted molar refractivity (Wildman–Crippen MR) is 59.5 cm³/mol. The average Bonchev–Trinajstić information content (AvgIpc) is 2.25. The van der Waals surface area contributed by atoms with Crippen molar-refractivity contribution in [2.75, 3.05) is 12.9 Å². The Bertz CT molecular complexity index is 469. The first kappa shape index (κ1) is 16.9. The van der Waals surface area contributed by atoms with Gasteiger partial charge in [0.1, 0.15) is 14.9 Å². The molecule has 0 N–H and O–H groups in total. The number of methoxy groups -OCH3 is 1. The molecular formula is C9H9NaO5S2. The van der Waals surface area contributed by atoms with Crippen LogP contribution in [-0.4, -0.2) is 31.6 Å². The van der Waals surface area contributed by atoms with Crippen LogP contribution in [0.3, 0.4) is 0 Å². The molecule has 0 saturated heterocycles. The molecule has 0 unspecified atom stereocenters. The summed E-state index contributed by atoms with van der Waals surface area (Å²) in [4.78, 5) is 11.4. The number of ether oxygens (including phenoxy) is 1. The number of hydrogen-bond donors (Lipinski definition) is 0. The molecule has 0 spiro atoms. The van der Waals surface area contributed by atoms with E-state index in [1.165, 1.54) is 19.2 Å². The van der Waals surface area contributed by atoms with Crippen LogP contribution >= 0.6 is 10.8 Å². The third kappa shape index (κ3) is 6.44. The van der Waals surface area contributed by atoms with E-state index in [1.807, 2.05) is 0 Å². The molecule has 0 amide bonds. The van der Waals surface area contributed by atoms with Crippen molar-refractivity contribution in [2.24, 2.45) is 0 Å². The number of rotatable bonds is 5. The van der Waals surface area contributed by atoms with Crippen LogP contribution in [0, 0.1) is 0 Å². The maximum absolute atomic E-state index is 11.4. The van der Waals surface area contributed by atoms with Gasteiger partial charge in [-0.05, 0) is 35.1 Å². The van der Waals surface area contributed by atoms with Crippen molar-refractivity contribution >= 4 is 25.7 Å². The minimum Gasteiger partial charge on any atom is -0.739 e. The average molecular weight is 284 g/mol. The molecule has 0 fully saturated rings. The third-order valence-corrected chi connectivity index (χ3v) is 3.63. The van der Waals surface area contributed by atoms with Crippen LogP contribution in [0.5, 0.6) is 5.75 Å². The molecule has 0 aliphatic heterocycles. The molecule has 0 heterocycles. The molecular weight excluding hydrogens is 275 g/mol. The molecule has 5 nitrogen and oxygen atoms in total. The summed E-state index contributed by atoms with van der Waals surface area (Å²) in [6.07, 6.45) is 0. The summed E-state index contributed by atoms with van der Waals surface area (Å²) < 4.78 is 35.8. The zero-order chi connectivity index (χ0) is 12.2. The Morgan fingerprint density at radius 1 is 1.35 bits per heavy atom. The van der Waals surface area contributed by atoms with Crippen LogP contribution < -0.4 is 34.3 Å². The van der Waals surface area contributed by atoms with Gasteiger partial charge in [-0.2, -0.15) is 0 Å². The van der Waals surface area contributed by atoms with E-state index in [4.69, 9.17) is 4.74 Å². The molecule has 0 atom stereocenters. The standard InChI is InChI=1S/C9H10O5S2.Na/c1-14-8-4-2-7(3-5-8)9(10)6-15-16(11,12)13;/h2-5H,6H2,1H3,(H,11,12,13);/q;+1/p-1. The first-order valence-corrected chi connectivity index (χ1v) is 7.11. The summed E-state index contributed by atoms with van der Waals surface area (Å²) in [5, 5.41) is 0. The van der Waals surface area contributed by atoms with Crippen LogP contribution in [0.2, 0.25) is 0 Å². The number of benzene rings is 1. The summed E-state index contributed by atoms with van der Waals surface area (Å²) >= 11 is 0. The third-order valence-electron chi connectivity index (χ3n) is 1.75. The summed E-state index contributed by atoms with van der Waals surface area (Å²) in [6, 6.07) is 6.20. The molecule has 0 aliphatic rings. The van der Waals surface area contributed by atoms with Gasteiger partial charge in [0.05, 0.1) is 12.9 Å². The second-order valence-corrected chi connectivity index (χ2v) is 6.09. The zero-order valence-corrected chi connectivity index (χ0v) is 13.0. The molecule has 0 aliphatic carbocycles. The molecule has 1 rings (SSSR count). The second-order valence-electron chi connectivity index (χ2n) is 2.82. The topological polar surface area (TPSA) is 83.5 Å². The van der Waals surface area contributed by atoms with Gasteiger partial charge < -0.3 is 9.29 Å². The first-order chi connectivity index (χ1) is 7.42. The molecule has 0 aromatic heterocycles. The Labute approximate surface area is 125 Å². The van der Waals surface area contributed by atoms with Gasteiger partial charge in [0, 0.05) is 5.56 Å². The van der Waals surface area contributed by atoms with E-state index in [0.717, 1.165) is 0 Å². The van der Waals surface area contributed by atoms with Gasteiger partial charge in [-0.25, -0.2) is 8.42 Å². The molecule has 17 heavy (non-hydrogen) atoms. The summed E-state index contributed by atoms with van der Waals surface area (Å²) in [6.45, 7) is 0. The SMILES string of the molecule is COc1ccc(C(=O)CSS(=O)(=O)[O-])cc1.[Na+]. The van der Waals surface area contributed by atoms with Crippen molar-refractivity contribution in [1.29, 1.82) is 0 Å². The fraction of sp³-hybridized carbons (Fsp3) is 0.222. The molecule has 1 aromatic rings. The van der Waals surface area contributed by atoms with E-state index in [9.17, 15) is 17.8 Å². The van der Waals surface area contributed by atoms with Crippen LogP contribution in [0.15, 0.2) is 24.3 Å². The molecule has 88 valence electrons. The van der Waals surface area contributed by atoms with Gasteiger partial charge in [0.25, 0.3) is 0 Å². The van der Waals surface area contributed by atoms with Crippen LogP contribution in [0.4, 0.5) is 0 Å². The number of carbonyl (C=O) groups excluding carboxylic acids is 1. The van der Waals surface area contributed by atoms with Gasteiger partial charge in [-0.1, -0.05) is 0 Å². The van der Waals surface area contributed by atoms with Crippen molar-refractivity contribution in [3.8, 4) is 5.75 Å². The summed E-state index contributed by atoms with van der Waals surface area (Å²) in [5.74, 6) is -0.189. The quantitative estimate of drug-likeness (QED) is 0.271. The Morgan fingerprint density at radius 3 is 2.29 bits per heavy atom. The van der Waals surface area contributed by atoms with E-state index < -0.39 is 14.9 Å². The van der Waals surface area contributed by atoms with E-state index in [-0.39, 0.29) is 46.1 Å². The van der Waals surface area contributed by atoms with Crippen molar-refractivity contribution in [1.82, 2.24) is 0 Å². The van der Waals surface area contributed by atoms with Crippen molar-refractivity contribution in [3.63, 3.8) is 0 Å². The maximum atomic E-state index is 11.4. The number of hydrogen-bond acceptors (Lipinski definition) is 6. The molecule has 0 saturated carbocycles. The minimum atomic E-state index is -4.42. The zero-order valence-electron chi connectivity index (χ0n) is 9.37. The number of ketones is 1. The Kier molecular flexibility index (Phi) is 7.38. The molecule has 8 heteroatoms. The smallest absolute Gasteiger partial charge is 0.739 e. The first-order valence-electron chi connectivity index (χ1n) is 4.20. The van der Waals surface area contributed by atoms with Crippen molar-refractivity contribution < 1.29 is 52.1 Å². The maximum Gasteiger partial charge on any atom is 1.00 e. The molecule has 1 aromatic carbocycles. The van der Waals surface area contributed by atoms with E-state index in [2.05, 4.69) is 0 Å². The molecule has 0 bridgehead atoms. The van der Waals surface area contributed by atoms with Crippen LogP contribution in [0.1, 0.15) is 10.4 Å². The minimum absolute atomic E-state index is 0. The monoisotopic (exact) mass is 284 g/mol. The van der Waals surface area contributed by atoms with E-state index in [1.54, 1.807) is 12.1 Å². The van der Waals surface area contributed by atoms with Crippen molar-refractivity contribution in [2.45, 2.75) is 0 Å². The van der Waals surface area contributed by atoms with Crippen molar-refractivity contribution in [3.05, 3.63) is 29.8 Å². The fourth-order valence-electron chi connectivity index (χ4n) is 0.986. The summed E-state index contributed by atoms with van der Waals surface area (Å²) in [5.41, 5.74) is 0.344. The van der Waals surface area contributed by atoms with Gasteiger partial charge in [-0.3, -0.25) is 4.79 Å². The molecule has 0 radical (unpaired) electrons. The Morgan fingerprint density at radius 2 is 1.88 bits per heavy atom.